The lowest BCUT2D eigenvalue weighted by Gasteiger charge is -2.31. The van der Waals surface area contributed by atoms with E-state index in [1.54, 1.807) is 23.1 Å². The van der Waals surface area contributed by atoms with Gasteiger partial charge in [-0.15, -0.1) is 0 Å². The summed E-state index contributed by atoms with van der Waals surface area (Å²) in [5.74, 6) is 0.269. The summed E-state index contributed by atoms with van der Waals surface area (Å²) >= 11 is 0. The molecule has 1 aromatic carbocycles. The van der Waals surface area contributed by atoms with Crippen molar-refractivity contribution >= 4 is 17.6 Å². The van der Waals surface area contributed by atoms with Crippen LogP contribution in [-0.4, -0.2) is 37.1 Å². The molecule has 0 saturated carbocycles. The highest BCUT2D eigenvalue weighted by atomic mass is 16.2. The van der Waals surface area contributed by atoms with E-state index in [-0.39, 0.29) is 11.9 Å². The van der Waals surface area contributed by atoms with Gasteiger partial charge < -0.3 is 16.4 Å². The van der Waals surface area contributed by atoms with Crippen LogP contribution < -0.4 is 21.3 Å². The van der Waals surface area contributed by atoms with E-state index < -0.39 is 5.54 Å². The standard InChI is InChI=1S/C18H28N4O2/c1-13(2)11-18(3,12-19)21-16(23)14-6-4-7-15(10-14)22-9-5-8-20-17(22)24/h4,6-7,10,13H,5,8-9,11-12,19H2,1-3H3,(H,20,24)(H,21,23). The van der Waals surface area contributed by atoms with Gasteiger partial charge in [0.1, 0.15) is 0 Å². The van der Waals surface area contributed by atoms with E-state index in [0.29, 0.717) is 31.1 Å². The molecule has 4 N–H and O–H groups in total. The van der Waals surface area contributed by atoms with Crippen molar-refractivity contribution < 1.29 is 9.59 Å². The Balaban J connectivity index is 2.15. The predicted molar refractivity (Wildman–Crippen MR) is 96.2 cm³/mol. The van der Waals surface area contributed by atoms with Crippen molar-refractivity contribution in [3.8, 4) is 0 Å². The van der Waals surface area contributed by atoms with Crippen molar-refractivity contribution in [2.45, 2.75) is 39.2 Å². The number of hydrogen-bond acceptors (Lipinski definition) is 3. The third-order valence-electron chi connectivity index (χ3n) is 4.22. The Kier molecular flexibility index (Phi) is 5.83. The number of urea groups is 1. The summed E-state index contributed by atoms with van der Waals surface area (Å²) in [5, 5.41) is 5.87. The van der Waals surface area contributed by atoms with E-state index in [1.165, 1.54) is 0 Å². The van der Waals surface area contributed by atoms with Crippen LogP contribution in [0, 0.1) is 5.92 Å². The number of anilines is 1. The van der Waals surface area contributed by atoms with E-state index in [1.807, 2.05) is 13.0 Å². The largest absolute Gasteiger partial charge is 0.346 e. The van der Waals surface area contributed by atoms with Crippen molar-refractivity contribution in [1.29, 1.82) is 0 Å². The van der Waals surface area contributed by atoms with Crippen molar-refractivity contribution in [3.63, 3.8) is 0 Å². The molecule has 1 aliphatic rings. The Hall–Kier alpha value is -2.08. The van der Waals surface area contributed by atoms with Gasteiger partial charge in [-0.1, -0.05) is 19.9 Å². The number of amides is 3. The molecule has 1 aliphatic heterocycles. The molecular formula is C18H28N4O2. The highest BCUT2D eigenvalue weighted by molar-refractivity contribution is 5.98. The van der Waals surface area contributed by atoms with Crippen LogP contribution in [-0.2, 0) is 0 Å². The number of benzene rings is 1. The summed E-state index contributed by atoms with van der Waals surface area (Å²) in [5.41, 5.74) is 6.70. The molecule has 0 bridgehead atoms. The Morgan fingerprint density at radius 1 is 1.46 bits per heavy atom. The van der Waals surface area contributed by atoms with Crippen LogP contribution in [0.3, 0.4) is 0 Å². The molecule has 1 aromatic rings. The summed E-state index contributed by atoms with van der Waals surface area (Å²) in [4.78, 5) is 26.3. The first-order valence-corrected chi connectivity index (χ1v) is 8.52. The van der Waals surface area contributed by atoms with Crippen LogP contribution >= 0.6 is 0 Å². The zero-order valence-corrected chi connectivity index (χ0v) is 14.8. The Labute approximate surface area is 143 Å². The maximum absolute atomic E-state index is 12.6. The first kappa shape index (κ1) is 18.3. The quantitative estimate of drug-likeness (QED) is 0.745. The molecule has 6 nitrogen and oxygen atoms in total. The summed E-state index contributed by atoms with van der Waals surface area (Å²) in [7, 11) is 0. The molecule has 0 radical (unpaired) electrons. The predicted octanol–water partition coefficient (Wildman–Crippen LogP) is 2.10. The van der Waals surface area contributed by atoms with Gasteiger partial charge in [-0.25, -0.2) is 4.79 Å². The number of carbonyl (C=O) groups excluding carboxylic acids is 2. The fourth-order valence-corrected chi connectivity index (χ4v) is 3.12. The zero-order valence-electron chi connectivity index (χ0n) is 14.8. The second kappa shape index (κ2) is 7.66. The molecular weight excluding hydrogens is 304 g/mol. The topological polar surface area (TPSA) is 87.5 Å². The van der Waals surface area contributed by atoms with E-state index in [4.69, 9.17) is 5.73 Å². The lowest BCUT2D eigenvalue weighted by Crippen LogP contribution is -2.52. The Morgan fingerprint density at radius 2 is 2.21 bits per heavy atom. The van der Waals surface area contributed by atoms with Gasteiger partial charge in [-0.3, -0.25) is 9.69 Å². The van der Waals surface area contributed by atoms with Gasteiger partial charge in [0.05, 0.1) is 0 Å². The first-order chi connectivity index (χ1) is 11.3. The van der Waals surface area contributed by atoms with Gasteiger partial charge in [0.25, 0.3) is 5.91 Å². The van der Waals surface area contributed by atoms with E-state index in [0.717, 1.165) is 18.5 Å². The normalized spacial score (nSPS) is 17.4. The van der Waals surface area contributed by atoms with Gasteiger partial charge in [0, 0.05) is 36.4 Å². The fourth-order valence-electron chi connectivity index (χ4n) is 3.12. The van der Waals surface area contributed by atoms with Crippen molar-refractivity contribution in [1.82, 2.24) is 10.6 Å². The number of nitrogens with one attached hydrogen (secondary N) is 2. The van der Waals surface area contributed by atoms with Gasteiger partial charge in [0.2, 0.25) is 0 Å². The molecule has 1 unspecified atom stereocenters. The van der Waals surface area contributed by atoms with Crippen LogP contribution in [0.4, 0.5) is 10.5 Å². The molecule has 3 amide bonds. The Bertz CT molecular complexity index is 602. The minimum atomic E-state index is -0.441. The number of hydrogen-bond donors (Lipinski definition) is 3. The SMILES string of the molecule is CC(C)CC(C)(CN)NC(=O)c1cccc(N2CCCNC2=O)c1. The number of nitrogens with two attached hydrogens (primary N) is 1. The number of carbonyl (C=O) groups is 2. The maximum Gasteiger partial charge on any atom is 0.321 e. The lowest BCUT2D eigenvalue weighted by atomic mass is 9.90. The Morgan fingerprint density at radius 3 is 2.83 bits per heavy atom. The van der Waals surface area contributed by atoms with Crippen LogP contribution in [0.1, 0.15) is 44.0 Å². The number of nitrogens with zero attached hydrogens (tertiary/aromatic N) is 1. The fraction of sp³-hybridized carbons (Fsp3) is 0.556. The molecule has 24 heavy (non-hydrogen) atoms. The molecule has 0 aromatic heterocycles. The van der Waals surface area contributed by atoms with Gasteiger partial charge in [-0.05, 0) is 43.9 Å². The smallest absolute Gasteiger partial charge is 0.321 e. The minimum absolute atomic E-state index is 0.120. The maximum atomic E-state index is 12.6. The molecule has 1 heterocycles. The molecule has 1 saturated heterocycles. The molecule has 0 aliphatic carbocycles. The third-order valence-corrected chi connectivity index (χ3v) is 4.22. The monoisotopic (exact) mass is 332 g/mol. The van der Waals surface area contributed by atoms with Crippen molar-refractivity contribution in [2.24, 2.45) is 11.7 Å². The average molecular weight is 332 g/mol. The van der Waals surface area contributed by atoms with Crippen LogP contribution in [0.15, 0.2) is 24.3 Å². The molecule has 1 fully saturated rings. The van der Waals surface area contributed by atoms with Gasteiger partial charge in [-0.2, -0.15) is 0 Å². The van der Waals surface area contributed by atoms with E-state index in [2.05, 4.69) is 24.5 Å². The summed E-state index contributed by atoms with van der Waals surface area (Å²) in [6, 6.07) is 7.04. The summed E-state index contributed by atoms with van der Waals surface area (Å²) in [6.45, 7) is 7.91. The molecule has 2 rings (SSSR count). The summed E-state index contributed by atoms with van der Waals surface area (Å²) < 4.78 is 0. The second-order valence-corrected chi connectivity index (χ2v) is 7.10. The van der Waals surface area contributed by atoms with Crippen LogP contribution in [0.25, 0.3) is 0 Å². The van der Waals surface area contributed by atoms with Crippen LogP contribution in [0.5, 0.6) is 0 Å². The second-order valence-electron chi connectivity index (χ2n) is 7.10. The molecule has 0 spiro atoms. The molecule has 1 atom stereocenters. The van der Waals surface area contributed by atoms with Gasteiger partial charge >= 0.3 is 6.03 Å². The molecule has 6 heteroatoms. The zero-order chi connectivity index (χ0) is 17.7. The minimum Gasteiger partial charge on any atom is -0.346 e. The van der Waals surface area contributed by atoms with Gasteiger partial charge in [0.15, 0.2) is 0 Å². The van der Waals surface area contributed by atoms with Crippen molar-refractivity contribution in [2.75, 3.05) is 24.5 Å². The molecule has 132 valence electrons. The lowest BCUT2D eigenvalue weighted by molar-refractivity contribution is 0.0898. The highest BCUT2D eigenvalue weighted by Gasteiger charge is 2.27. The number of rotatable bonds is 6. The third kappa shape index (κ3) is 4.47. The van der Waals surface area contributed by atoms with E-state index >= 15 is 0 Å². The summed E-state index contributed by atoms with van der Waals surface area (Å²) in [6.07, 6.45) is 1.70. The average Bonchev–Trinajstić information content (AvgIpc) is 2.54. The van der Waals surface area contributed by atoms with Crippen LogP contribution in [0.2, 0.25) is 0 Å². The highest BCUT2D eigenvalue weighted by Crippen LogP contribution is 2.20. The van der Waals surface area contributed by atoms with Crippen molar-refractivity contribution in [3.05, 3.63) is 29.8 Å². The van der Waals surface area contributed by atoms with E-state index in [9.17, 15) is 9.59 Å². The first-order valence-electron chi connectivity index (χ1n) is 8.52.